The van der Waals surface area contributed by atoms with Crippen molar-refractivity contribution in [2.45, 2.75) is 45.7 Å². The molecule has 0 fully saturated rings. The van der Waals surface area contributed by atoms with Crippen LogP contribution in [-0.4, -0.2) is 26.3 Å². The van der Waals surface area contributed by atoms with E-state index in [2.05, 4.69) is 53.4 Å². The van der Waals surface area contributed by atoms with Crippen LogP contribution in [0.3, 0.4) is 0 Å². The van der Waals surface area contributed by atoms with E-state index in [1.807, 2.05) is 10.7 Å². The van der Waals surface area contributed by atoms with E-state index in [9.17, 15) is 0 Å². The smallest absolute Gasteiger partial charge is 0.145 e. The molecule has 0 aliphatic rings. The van der Waals surface area contributed by atoms with Crippen molar-refractivity contribution in [2.24, 2.45) is 0 Å². The number of rotatable bonds is 7. The third-order valence-corrected chi connectivity index (χ3v) is 3.47. The topological polar surface area (TPSA) is 55.6 Å². The Kier molecular flexibility index (Phi) is 5.24. The van der Waals surface area contributed by atoms with Crippen LogP contribution in [0.2, 0.25) is 0 Å². The Labute approximate surface area is 120 Å². The average molecular weight is 273 g/mol. The van der Waals surface area contributed by atoms with Crippen LogP contribution in [-0.2, 0) is 6.42 Å². The number of nitrogens with zero attached hydrogens (tertiary/aromatic N) is 4. The largest absolute Gasteiger partial charge is 0.307 e. The first-order valence-corrected chi connectivity index (χ1v) is 7.28. The summed E-state index contributed by atoms with van der Waals surface area (Å²) < 4.78 is 2.03. The summed E-state index contributed by atoms with van der Waals surface area (Å²) in [5.41, 5.74) is 1.07. The van der Waals surface area contributed by atoms with Crippen LogP contribution in [0.4, 0.5) is 0 Å². The van der Waals surface area contributed by atoms with Crippen LogP contribution in [0.1, 0.15) is 50.8 Å². The maximum atomic E-state index is 4.65. The van der Waals surface area contributed by atoms with E-state index < -0.39 is 0 Å². The van der Waals surface area contributed by atoms with Gasteiger partial charge in [0.1, 0.15) is 5.82 Å². The van der Waals surface area contributed by atoms with E-state index in [-0.39, 0.29) is 6.04 Å². The lowest BCUT2D eigenvalue weighted by Gasteiger charge is -2.15. The fourth-order valence-corrected chi connectivity index (χ4v) is 2.12. The highest BCUT2D eigenvalue weighted by Crippen LogP contribution is 2.15. The third kappa shape index (κ3) is 3.63. The van der Waals surface area contributed by atoms with Crippen LogP contribution in [0, 0.1) is 0 Å². The summed E-state index contributed by atoms with van der Waals surface area (Å²) in [6.45, 7) is 7.33. The minimum Gasteiger partial charge on any atom is -0.307 e. The first kappa shape index (κ1) is 14.7. The molecule has 0 radical (unpaired) electrons. The van der Waals surface area contributed by atoms with E-state index in [1.54, 1.807) is 12.4 Å². The third-order valence-electron chi connectivity index (χ3n) is 3.47. The predicted molar refractivity (Wildman–Crippen MR) is 79.4 cm³/mol. The quantitative estimate of drug-likeness (QED) is 0.842. The minimum absolute atomic E-state index is 0.112. The van der Waals surface area contributed by atoms with Gasteiger partial charge in [0.2, 0.25) is 0 Å². The van der Waals surface area contributed by atoms with Gasteiger partial charge in [-0.05, 0) is 32.0 Å². The van der Waals surface area contributed by atoms with Crippen molar-refractivity contribution in [1.82, 2.24) is 25.1 Å². The van der Waals surface area contributed by atoms with Gasteiger partial charge in [-0.25, -0.2) is 9.97 Å². The van der Waals surface area contributed by atoms with Crippen molar-refractivity contribution in [3.05, 3.63) is 42.2 Å². The molecular weight excluding hydrogens is 250 g/mol. The van der Waals surface area contributed by atoms with Gasteiger partial charge in [0, 0.05) is 31.1 Å². The van der Waals surface area contributed by atoms with Gasteiger partial charge >= 0.3 is 0 Å². The zero-order valence-electron chi connectivity index (χ0n) is 12.5. The lowest BCUT2D eigenvalue weighted by Crippen LogP contribution is -2.25. The second-order valence-electron chi connectivity index (χ2n) is 4.97. The van der Waals surface area contributed by atoms with Crippen LogP contribution >= 0.6 is 0 Å². The molecule has 2 aromatic rings. The normalized spacial score (nSPS) is 14.2. The molecule has 20 heavy (non-hydrogen) atoms. The molecule has 0 spiro atoms. The zero-order valence-corrected chi connectivity index (χ0v) is 12.5. The molecule has 108 valence electrons. The molecule has 1 N–H and O–H groups in total. The van der Waals surface area contributed by atoms with Crippen molar-refractivity contribution in [3.8, 4) is 0 Å². The van der Waals surface area contributed by atoms with E-state index >= 15 is 0 Å². The molecule has 2 rings (SSSR count). The lowest BCUT2D eigenvalue weighted by atomic mass is 10.1. The highest BCUT2D eigenvalue weighted by atomic mass is 15.3. The first-order valence-electron chi connectivity index (χ1n) is 7.28. The minimum atomic E-state index is 0.112. The number of hydrogen-bond acceptors (Lipinski definition) is 4. The Bertz CT molecular complexity index is 508. The molecule has 0 aromatic carbocycles. The summed E-state index contributed by atoms with van der Waals surface area (Å²) >= 11 is 0. The van der Waals surface area contributed by atoms with Gasteiger partial charge in [-0.1, -0.05) is 13.8 Å². The molecule has 0 saturated carbocycles. The van der Waals surface area contributed by atoms with Crippen LogP contribution in [0.15, 0.2) is 30.7 Å². The van der Waals surface area contributed by atoms with Crippen LogP contribution in [0.5, 0.6) is 0 Å². The molecule has 2 unspecified atom stereocenters. The molecule has 2 aromatic heterocycles. The zero-order chi connectivity index (χ0) is 14.4. The predicted octanol–water partition coefficient (Wildman–Crippen LogP) is 2.54. The molecule has 0 aliphatic heterocycles. The molecule has 2 atom stereocenters. The van der Waals surface area contributed by atoms with Crippen molar-refractivity contribution in [3.63, 3.8) is 0 Å². The fourth-order valence-electron chi connectivity index (χ4n) is 2.12. The Hall–Kier alpha value is -1.75. The number of aromatic nitrogens is 4. The number of nitrogens with one attached hydrogen (secondary N) is 1. The highest BCUT2D eigenvalue weighted by Gasteiger charge is 2.15. The van der Waals surface area contributed by atoms with E-state index in [1.165, 1.54) is 0 Å². The Morgan fingerprint density at radius 2 is 2.00 bits per heavy atom. The fraction of sp³-hybridized carbons (Fsp3) is 0.533. The van der Waals surface area contributed by atoms with Gasteiger partial charge < -0.3 is 5.32 Å². The summed E-state index contributed by atoms with van der Waals surface area (Å²) in [6.07, 6.45) is 7.51. The average Bonchev–Trinajstić information content (AvgIpc) is 2.95. The van der Waals surface area contributed by atoms with Gasteiger partial charge in [-0.15, -0.1) is 0 Å². The highest BCUT2D eigenvalue weighted by molar-refractivity contribution is 5.07. The van der Waals surface area contributed by atoms with E-state index in [0.29, 0.717) is 6.04 Å². The summed E-state index contributed by atoms with van der Waals surface area (Å²) in [4.78, 5) is 8.69. The van der Waals surface area contributed by atoms with Gasteiger partial charge in [0.05, 0.1) is 11.7 Å². The standard InChI is InChI=1S/C15H23N5/c1-4-12(3)20-10-7-13(19-20)11-14(16-5-2)15-17-8-6-9-18-15/h6-10,12,14,16H,4-5,11H2,1-3H3. The van der Waals surface area contributed by atoms with E-state index in [4.69, 9.17) is 0 Å². The van der Waals surface area contributed by atoms with Crippen molar-refractivity contribution in [1.29, 1.82) is 0 Å². The first-order chi connectivity index (χ1) is 9.74. The van der Waals surface area contributed by atoms with Gasteiger partial charge in [-0.2, -0.15) is 5.10 Å². The molecule has 0 aliphatic carbocycles. The number of likely N-dealkylation sites (N-methyl/N-ethyl adjacent to an activating group) is 1. The van der Waals surface area contributed by atoms with Crippen molar-refractivity contribution >= 4 is 0 Å². The second-order valence-corrected chi connectivity index (χ2v) is 4.97. The molecule has 0 saturated heterocycles. The summed E-state index contributed by atoms with van der Waals surface area (Å²) in [5, 5.41) is 8.08. The Morgan fingerprint density at radius 1 is 1.25 bits per heavy atom. The lowest BCUT2D eigenvalue weighted by molar-refractivity contribution is 0.463. The molecule has 0 bridgehead atoms. The Balaban J connectivity index is 2.10. The van der Waals surface area contributed by atoms with Gasteiger partial charge in [0.25, 0.3) is 0 Å². The van der Waals surface area contributed by atoms with Gasteiger partial charge in [-0.3, -0.25) is 4.68 Å². The summed E-state index contributed by atoms with van der Waals surface area (Å²) in [7, 11) is 0. The summed E-state index contributed by atoms with van der Waals surface area (Å²) in [6, 6.07) is 4.47. The molecule has 0 amide bonds. The molecule has 5 nitrogen and oxygen atoms in total. The maximum Gasteiger partial charge on any atom is 0.145 e. The van der Waals surface area contributed by atoms with E-state index in [0.717, 1.165) is 30.9 Å². The summed E-state index contributed by atoms with van der Waals surface area (Å²) in [5.74, 6) is 0.826. The van der Waals surface area contributed by atoms with Crippen LogP contribution < -0.4 is 5.32 Å². The maximum absolute atomic E-state index is 4.65. The molecular formula is C15H23N5. The number of hydrogen-bond donors (Lipinski definition) is 1. The molecule has 2 heterocycles. The SMILES string of the molecule is CCNC(Cc1ccn(C(C)CC)n1)c1ncccn1. The Morgan fingerprint density at radius 3 is 2.65 bits per heavy atom. The van der Waals surface area contributed by atoms with Crippen molar-refractivity contribution in [2.75, 3.05) is 6.54 Å². The molecule has 5 heteroatoms. The second kappa shape index (κ2) is 7.14. The monoisotopic (exact) mass is 273 g/mol. The van der Waals surface area contributed by atoms with Crippen LogP contribution in [0.25, 0.3) is 0 Å². The van der Waals surface area contributed by atoms with Crippen molar-refractivity contribution < 1.29 is 0 Å². The van der Waals surface area contributed by atoms with Gasteiger partial charge in [0.15, 0.2) is 0 Å².